The zero-order chi connectivity index (χ0) is 14.7. The molecule has 0 unspecified atom stereocenters. The van der Waals surface area contributed by atoms with E-state index >= 15 is 0 Å². The van der Waals surface area contributed by atoms with E-state index in [1.54, 1.807) is 13.0 Å². The third-order valence-corrected chi connectivity index (χ3v) is 2.72. The maximum absolute atomic E-state index is 12.0. The minimum atomic E-state index is -1.07. The third kappa shape index (κ3) is 3.10. The fraction of sp³-hybridized carbons (Fsp3) is 0.0769. The number of halogens is 1. The second-order valence-electron chi connectivity index (χ2n) is 3.95. The zero-order valence-electron chi connectivity index (χ0n) is 10.4. The number of aryl methyl sites for hydroxylation is 1. The standard InChI is InChI=1S/C13H10ClN3O3/c1-7-15-6-10(14)11(16-7)12(18)17-9-4-2-3-8(5-9)13(19)20/h2-6H,1H3,(H,17,18)(H,19,20). The first-order valence-corrected chi connectivity index (χ1v) is 5.99. The van der Waals surface area contributed by atoms with Crippen LogP contribution in [-0.2, 0) is 0 Å². The molecule has 1 heterocycles. The average molecular weight is 292 g/mol. The number of carboxylic acids is 1. The number of hydrogen-bond donors (Lipinski definition) is 2. The molecule has 2 aromatic rings. The molecule has 6 nitrogen and oxygen atoms in total. The van der Waals surface area contributed by atoms with E-state index in [0.717, 1.165) is 0 Å². The van der Waals surface area contributed by atoms with Gasteiger partial charge in [0, 0.05) is 5.69 Å². The predicted octanol–water partition coefficient (Wildman–Crippen LogP) is 2.39. The van der Waals surface area contributed by atoms with Crippen LogP contribution in [0.3, 0.4) is 0 Å². The van der Waals surface area contributed by atoms with Crippen LogP contribution in [0.15, 0.2) is 30.5 Å². The van der Waals surface area contributed by atoms with Crippen molar-refractivity contribution >= 4 is 29.2 Å². The monoisotopic (exact) mass is 291 g/mol. The van der Waals surface area contributed by atoms with Crippen molar-refractivity contribution in [3.05, 3.63) is 52.6 Å². The number of anilines is 1. The van der Waals surface area contributed by atoms with Crippen LogP contribution in [0.5, 0.6) is 0 Å². The SMILES string of the molecule is Cc1ncc(Cl)c(C(=O)Nc2cccc(C(=O)O)c2)n1. The van der Waals surface area contributed by atoms with Crippen LogP contribution in [0.2, 0.25) is 5.02 Å². The van der Waals surface area contributed by atoms with E-state index in [-0.39, 0.29) is 16.3 Å². The molecule has 1 aromatic carbocycles. The summed E-state index contributed by atoms with van der Waals surface area (Å²) in [4.78, 5) is 30.7. The van der Waals surface area contributed by atoms with Gasteiger partial charge in [0.25, 0.3) is 5.91 Å². The Morgan fingerprint density at radius 1 is 1.35 bits per heavy atom. The molecule has 102 valence electrons. The van der Waals surface area contributed by atoms with Gasteiger partial charge in [-0.2, -0.15) is 0 Å². The van der Waals surface area contributed by atoms with Gasteiger partial charge < -0.3 is 10.4 Å². The number of benzene rings is 1. The number of rotatable bonds is 3. The van der Waals surface area contributed by atoms with Gasteiger partial charge in [-0.1, -0.05) is 17.7 Å². The van der Waals surface area contributed by atoms with Gasteiger partial charge in [-0.25, -0.2) is 14.8 Å². The van der Waals surface area contributed by atoms with E-state index in [9.17, 15) is 9.59 Å². The van der Waals surface area contributed by atoms with Crippen molar-refractivity contribution in [2.24, 2.45) is 0 Å². The number of aromatic nitrogens is 2. The van der Waals surface area contributed by atoms with Crippen molar-refractivity contribution in [1.29, 1.82) is 0 Å². The van der Waals surface area contributed by atoms with E-state index in [1.807, 2.05) is 0 Å². The Balaban J connectivity index is 2.25. The van der Waals surface area contributed by atoms with E-state index in [2.05, 4.69) is 15.3 Å². The maximum Gasteiger partial charge on any atom is 0.335 e. The van der Waals surface area contributed by atoms with Gasteiger partial charge in [0.2, 0.25) is 0 Å². The zero-order valence-corrected chi connectivity index (χ0v) is 11.2. The molecule has 0 saturated carbocycles. The number of amides is 1. The van der Waals surface area contributed by atoms with Crippen molar-refractivity contribution < 1.29 is 14.7 Å². The molecule has 0 aliphatic heterocycles. The summed E-state index contributed by atoms with van der Waals surface area (Å²) in [5, 5.41) is 11.6. The molecule has 2 N–H and O–H groups in total. The molecule has 0 spiro atoms. The Kier molecular flexibility index (Phi) is 3.95. The highest BCUT2D eigenvalue weighted by atomic mass is 35.5. The van der Waals surface area contributed by atoms with E-state index in [1.165, 1.54) is 24.4 Å². The van der Waals surface area contributed by atoms with Crippen LogP contribution in [0.4, 0.5) is 5.69 Å². The van der Waals surface area contributed by atoms with Crippen molar-refractivity contribution in [1.82, 2.24) is 9.97 Å². The van der Waals surface area contributed by atoms with E-state index in [0.29, 0.717) is 11.5 Å². The van der Waals surface area contributed by atoms with Crippen LogP contribution in [0.25, 0.3) is 0 Å². The Labute approximate surface area is 119 Å². The number of carbonyl (C=O) groups excluding carboxylic acids is 1. The summed E-state index contributed by atoms with van der Waals surface area (Å²) in [5.41, 5.74) is 0.467. The van der Waals surface area contributed by atoms with Gasteiger partial charge in [-0.3, -0.25) is 4.79 Å². The van der Waals surface area contributed by atoms with Crippen LogP contribution >= 0.6 is 11.6 Å². The number of carbonyl (C=O) groups is 2. The van der Waals surface area contributed by atoms with Gasteiger partial charge in [-0.05, 0) is 25.1 Å². The van der Waals surface area contributed by atoms with Gasteiger partial charge in [0.05, 0.1) is 16.8 Å². The fourth-order valence-electron chi connectivity index (χ4n) is 1.53. The lowest BCUT2D eigenvalue weighted by Gasteiger charge is -2.07. The first kappa shape index (κ1) is 14.0. The predicted molar refractivity (Wildman–Crippen MR) is 73.1 cm³/mol. The van der Waals surface area contributed by atoms with Gasteiger partial charge in [0.15, 0.2) is 5.69 Å². The molecule has 0 bridgehead atoms. The molecule has 0 radical (unpaired) electrons. The highest BCUT2D eigenvalue weighted by molar-refractivity contribution is 6.33. The van der Waals surface area contributed by atoms with Crippen molar-refractivity contribution in [3.63, 3.8) is 0 Å². The number of nitrogens with one attached hydrogen (secondary N) is 1. The van der Waals surface area contributed by atoms with Gasteiger partial charge in [-0.15, -0.1) is 0 Å². The lowest BCUT2D eigenvalue weighted by Crippen LogP contribution is -2.15. The number of nitrogens with zero attached hydrogens (tertiary/aromatic N) is 2. The molecule has 0 atom stereocenters. The quantitative estimate of drug-likeness (QED) is 0.906. The Morgan fingerprint density at radius 2 is 2.10 bits per heavy atom. The Bertz CT molecular complexity index is 688. The van der Waals surface area contributed by atoms with Crippen molar-refractivity contribution in [3.8, 4) is 0 Å². The molecule has 0 aliphatic rings. The second kappa shape index (κ2) is 5.66. The smallest absolute Gasteiger partial charge is 0.335 e. The Hall–Kier alpha value is -2.47. The highest BCUT2D eigenvalue weighted by Gasteiger charge is 2.14. The summed E-state index contributed by atoms with van der Waals surface area (Å²) < 4.78 is 0. The summed E-state index contributed by atoms with van der Waals surface area (Å²) in [5.74, 6) is -1.18. The molecular weight excluding hydrogens is 282 g/mol. The molecule has 1 aromatic heterocycles. The Morgan fingerprint density at radius 3 is 2.80 bits per heavy atom. The van der Waals surface area contributed by atoms with Gasteiger partial charge >= 0.3 is 5.97 Å². The van der Waals surface area contributed by atoms with Crippen molar-refractivity contribution in [2.75, 3.05) is 5.32 Å². The van der Waals surface area contributed by atoms with Crippen molar-refractivity contribution in [2.45, 2.75) is 6.92 Å². The summed E-state index contributed by atoms with van der Waals surface area (Å²) in [6, 6.07) is 5.89. The molecule has 0 saturated heterocycles. The van der Waals surface area contributed by atoms with E-state index in [4.69, 9.17) is 16.7 Å². The minimum absolute atomic E-state index is 0.0416. The molecule has 7 heteroatoms. The lowest BCUT2D eigenvalue weighted by atomic mass is 10.2. The first-order chi connectivity index (χ1) is 9.47. The average Bonchev–Trinajstić information content (AvgIpc) is 2.41. The molecule has 20 heavy (non-hydrogen) atoms. The number of carboxylic acid groups (broad SMARTS) is 1. The topological polar surface area (TPSA) is 92.2 Å². The van der Waals surface area contributed by atoms with Crippen LogP contribution < -0.4 is 5.32 Å². The van der Waals surface area contributed by atoms with Crippen LogP contribution in [-0.4, -0.2) is 27.0 Å². The normalized spacial score (nSPS) is 10.1. The first-order valence-electron chi connectivity index (χ1n) is 5.61. The number of aromatic carboxylic acids is 1. The van der Waals surface area contributed by atoms with E-state index < -0.39 is 11.9 Å². The fourth-order valence-corrected chi connectivity index (χ4v) is 1.71. The summed E-state index contributed by atoms with van der Waals surface area (Å²) in [7, 11) is 0. The minimum Gasteiger partial charge on any atom is -0.478 e. The largest absolute Gasteiger partial charge is 0.478 e. The lowest BCUT2D eigenvalue weighted by molar-refractivity contribution is 0.0696. The van der Waals surface area contributed by atoms with Crippen LogP contribution in [0.1, 0.15) is 26.7 Å². The summed E-state index contributed by atoms with van der Waals surface area (Å²) in [6.45, 7) is 1.64. The molecule has 0 aliphatic carbocycles. The maximum atomic E-state index is 12.0. The third-order valence-electron chi connectivity index (χ3n) is 2.45. The molecule has 1 amide bonds. The number of hydrogen-bond acceptors (Lipinski definition) is 4. The molecule has 0 fully saturated rings. The summed E-state index contributed by atoms with van der Waals surface area (Å²) >= 11 is 5.86. The second-order valence-corrected chi connectivity index (χ2v) is 4.36. The molecule has 2 rings (SSSR count). The van der Waals surface area contributed by atoms with Crippen LogP contribution in [0, 0.1) is 6.92 Å². The molecular formula is C13H10ClN3O3. The highest BCUT2D eigenvalue weighted by Crippen LogP contribution is 2.16. The summed E-state index contributed by atoms with van der Waals surface area (Å²) in [6.07, 6.45) is 1.34. The van der Waals surface area contributed by atoms with Gasteiger partial charge in [0.1, 0.15) is 5.82 Å².